The molecule has 3 nitrogen and oxygen atoms in total. The molecule has 0 aliphatic rings. The Balaban J connectivity index is 1.85. The SMILES string of the molecule is CC(CCCO)(CCCS(=O)CCCC(C)(CCCO)c1ccccc1)c1ccccc1. The predicted octanol–water partition coefficient (Wildman–Crippen LogP) is 5.76. The van der Waals surface area contributed by atoms with Crippen LogP contribution < -0.4 is 0 Å². The maximum atomic E-state index is 12.7. The van der Waals surface area contributed by atoms with Gasteiger partial charge in [0.2, 0.25) is 0 Å². The van der Waals surface area contributed by atoms with E-state index >= 15 is 0 Å². The van der Waals surface area contributed by atoms with E-state index in [1.807, 2.05) is 12.1 Å². The Hall–Kier alpha value is -1.49. The van der Waals surface area contributed by atoms with Crippen LogP contribution in [0.25, 0.3) is 0 Å². The van der Waals surface area contributed by atoms with Crippen molar-refractivity contribution in [2.24, 2.45) is 0 Å². The highest BCUT2D eigenvalue weighted by Gasteiger charge is 2.27. The molecule has 0 aliphatic carbocycles. The molecule has 2 aromatic rings. The van der Waals surface area contributed by atoms with Gasteiger partial charge in [-0.1, -0.05) is 74.5 Å². The minimum absolute atomic E-state index is 0.0182. The molecule has 32 heavy (non-hydrogen) atoms. The van der Waals surface area contributed by atoms with Crippen LogP contribution in [0.1, 0.15) is 76.3 Å². The third-order valence-electron chi connectivity index (χ3n) is 6.92. The molecule has 0 amide bonds. The third-order valence-corrected chi connectivity index (χ3v) is 8.40. The zero-order valence-corrected chi connectivity index (χ0v) is 20.8. The van der Waals surface area contributed by atoms with Crippen molar-refractivity contribution >= 4 is 10.8 Å². The van der Waals surface area contributed by atoms with Gasteiger partial charge in [0.1, 0.15) is 0 Å². The molecule has 0 bridgehead atoms. The minimum atomic E-state index is -0.812. The summed E-state index contributed by atoms with van der Waals surface area (Å²) in [6, 6.07) is 21.1. The average Bonchev–Trinajstić information content (AvgIpc) is 2.82. The second kappa shape index (κ2) is 13.9. The van der Waals surface area contributed by atoms with Crippen LogP contribution in [0.15, 0.2) is 60.7 Å². The van der Waals surface area contributed by atoms with Crippen LogP contribution in [0.4, 0.5) is 0 Å². The monoisotopic (exact) mass is 458 g/mol. The van der Waals surface area contributed by atoms with Crippen LogP contribution in [0.2, 0.25) is 0 Å². The summed E-state index contributed by atoms with van der Waals surface area (Å²) in [6.45, 7) is 4.97. The van der Waals surface area contributed by atoms with Gasteiger partial charge in [0.25, 0.3) is 0 Å². The molecule has 178 valence electrons. The molecule has 0 heterocycles. The number of hydrogen-bond acceptors (Lipinski definition) is 3. The van der Waals surface area contributed by atoms with Gasteiger partial charge in [-0.3, -0.25) is 4.21 Å². The molecule has 0 saturated heterocycles. The molecule has 0 radical (unpaired) electrons. The Morgan fingerprint density at radius 1 is 0.625 bits per heavy atom. The molecule has 2 atom stereocenters. The zero-order valence-electron chi connectivity index (χ0n) is 20.0. The highest BCUT2D eigenvalue weighted by atomic mass is 32.2. The molecule has 2 rings (SSSR count). The summed E-state index contributed by atoms with van der Waals surface area (Å²) in [5.41, 5.74) is 2.65. The minimum Gasteiger partial charge on any atom is -0.396 e. The van der Waals surface area contributed by atoms with E-state index < -0.39 is 10.8 Å². The lowest BCUT2D eigenvalue weighted by Crippen LogP contribution is -2.24. The van der Waals surface area contributed by atoms with Crippen LogP contribution in [0, 0.1) is 0 Å². The fourth-order valence-corrected chi connectivity index (χ4v) is 5.93. The standard InChI is InChI=1S/C28H42O3S/c1-27(17-9-21-29,25-13-5-3-6-14-25)19-11-23-32(31)24-12-20-28(2,18-10-22-30)26-15-7-4-8-16-26/h3-8,13-16,29-30H,9-12,17-24H2,1-2H3. The summed E-state index contributed by atoms with van der Waals surface area (Å²) in [6.07, 6.45) is 7.32. The van der Waals surface area contributed by atoms with Gasteiger partial charge in [0.05, 0.1) is 0 Å². The van der Waals surface area contributed by atoms with Crippen molar-refractivity contribution in [2.45, 2.75) is 76.0 Å². The summed E-state index contributed by atoms with van der Waals surface area (Å²) in [7, 11) is -0.812. The second-order valence-electron chi connectivity index (χ2n) is 9.56. The quantitative estimate of drug-likeness (QED) is 0.336. The van der Waals surface area contributed by atoms with E-state index in [0.29, 0.717) is 0 Å². The van der Waals surface area contributed by atoms with E-state index in [4.69, 9.17) is 0 Å². The summed E-state index contributed by atoms with van der Waals surface area (Å²) in [5.74, 6) is 1.47. The molecule has 0 fully saturated rings. The maximum Gasteiger partial charge on any atom is 0.0431 e. The number of rotatable bonds is 16. The summed E-state index contributed by atoms with van der Waals surface area (Å²) < 4.78 is 12.7. The van der Waals surface area contributed by atoms with Gasteiger partial charge in [-0.15, -0.1) is 0 Å². The van der Waals surface area contributed by atoms with Crippen molar-refractivity contribution in [3.8, 4) is 0 Å². The second-order valence-corrected chi connectivity index (χ2v) is 11.3. The average molecular weight is 459 g/mol. The maximum absolute atomic E-state index is 12.7. The van der Waals surface area contributed by atoms with E-state index in [1.54, 1.807) is 0 Å². The lowest BCUT2D eigenvalue weighted by atomic mass is 9.75. The molecule has 2 unspecified atom stereocenters. The lowest BCUT2D eigenvalue weighted by Gasteiger charge is -2.31. The van der Waals surface area contributed by atoms with Crippen molar-refractivity contribution < 1.29 is 14.4 Å². The van der Waals surface area contributed by atoms with Crippen LogP contribution in [0.5, 0.6) is 0 Å². The van der Waals surface area contributed by atoms with Crippen LogP contribution >= 0.6 is 0 Å². The normalized spacial score (nSPS) is 16.2. The van der Waals surface area contributed by atoms with E-state index in [1.165, 1.54) is 11.1 Å². The fraction of sp³-hybridized carbons (Fsp3) is 0.571. The topological polar surface area (TPSA) is 57.5 Å². The Morgan fingerprint density at radius 2 is 0.969 bits per heavy atom. The summed E-state index contributed by atoms with van der Waals surface area (Å²) in [5, 5.41) is 18.7. The molecule has 0 spiro atoms. The number of aliphatic hydroxyl groups excluding tert-OH is 2. The predicted molar refractivity (Wildman–Crippen MR) is 137 cm³/mol. The van der Waals surface area contributed by atoms with E-state index in [0.717, 1.165) is 62.9 Å². The molecule has 2 aromatic carbocycles. The van der Waals surface area contributed by atoms with E-state index in [2.05, 4.69) is 62.4 Å². The van der Waals surface area contributed by atoms with Gasteiger partial charge in [0, 0.05) is 35.5 Å². The number of benzene rings is 2. The van der Waals surface area contributed by atoms with Crippen LogP contribution in [-0.2, 0) is 21.6 Å². The highest BCUT2D eigenvalue weighted by Crippen LogP contribution is 2.35. The molecular formula is C28H42O3S. The first-order chi connectivity index (χ1) is 15.4. The third kappa shape index (κ3) is 8.46. The lowest BCUT2D eigenvalue weighted by molar-refractivity contribution is 0.259. The van der Waals surface area contributed by atoms with Crippen molar-refractivity contribution in [1.82, 2.24) is 0 Å². The number of hydrogen-bond donors (Lipinski definition) is 2. The van der Waals surface area contributed by atoms with Gasteiger partial charge >= 0.3 is 0 Å². The Morgan fingerprint density at radius 3 is 1.31 bits per heavy atom. The van der Waals surface area contributed by atoms with Gasteiger partial charge in [0.15, 0.2) is 0 Å². The van der Waals surface area contributed by atoms with Gasteiger partial charge in [-0.25, -0.2) is 0 Å². The fourth-order valence-electron chi connectivity index (χ4n) is 4.80. The molecule has 0 aromatic heterocycles. The zero-order chi connectivity index (χ0) is 23.3. The molecule has 0 aliphatic heterocycles. The van der Waals surface area contributed by atoms with Gasteiger partial charge in [-0.05, 0) is 73.3 Å². The van der Waals surface area contributed by atoms with Crippen molar-refractivity contribution in [3.63, 3.8) is 0 Å². The van der Waals surface area contributed by atoms with Crippen LogP contribution in [-0.4, -0.2) is 39.1 Å². The van der Waals surface area contributed by atoms with Crippen molar-refractivity contribution in [3.05, 3.63) is 71.8 Å². The Kier molecular flexibility index (Phi) is 11.6. The number of aliphatic hydroxyl groups is 2. The molecule has 4 heteroatoms. The Labute approximate surface area is 197 Å². The van der Waals surface area contributed by atoms with E-state index in [9.17, 15) is 14.4 Å². The van der Waals surface area contributed by atoms with Crippen molar-refractivity contribution in [1.29, 1.82) is 0 Å². The smallest absolute Gasteiger partial charge is 0.0431 e. The molecular weight excluding hydrogens is 416 g/mol. The van der Waals surface area contributed by atoms with E-state index in [-0.39, 0.29) is 24.0 Å². The highest BCUT2D eigenvalue weighted by molar-refractivity contribution is 7.84. The van der Waals surface area contributed by atoms with Crippen molar-refractivity contribution in [2.75, 3.05) is 24.7 Å². The summed E-state index contributed by atoms with van der Waals surface area (Å²) >= 11 is 0. The molecule has 0 saturated carbocycles. The first-order valence-corrected chi connectivity index (χ1v) is 13.6. The first kappa shape index (κ1) is 26.8. The Bertz CT molecular complexity index is 714. The van der Waals surface area contributed by atoms with Crippen LogP contribution in [0.3, 0.4) is 0 Å². The first-order valence-electron chi connectivity index (χ1n) is 12.1. The van der Waals surface area contributed by atoms with Gasteiger partial charge in [-0.2, -0.15) is 0 Å². The summed E-state index contributed by atoms with van der Waals surface area (Å²) in [4.78, 5) is 0. The molecule has 2 N–H and O–H groups in total. The largest absolute Gasteiger partial charge is 0.396 e. The van der Waals surface area contributed by atoms with Gasteiger partial charge < -0.3 is 10.2 Å².